The van der Waals surface area contributed by atoms with Crippen molar-refractivity contribution in [3.8, 4) is 0 Å². The van der Waals surface area contributed by atoms with Gasteiger partial charge in [0.2, 0.25) is 0 Å². The van der Waals surface area contributed by atoms with Gasteiger partial charge >= 0.3 is 0 Å². The van der Waals surface area contributed by atoms with Crippen LogP contribution < -0.4 is 0 Å². The van der Waals surface area contributed by atoms with Crippen LogP contribution in [0.15, 0.2) is 22.0 Å². The fourth-order valence-electron chi connectivity index (χ4n) is 0.828. The average molecular weight is 238 g/mol. The Bertz CT molecular complexity index is 417. The van der Waals surface area contributed by atoms with Gasteiger partial charge in [-0.2, -0.15) is 0 Å². The molecule has 0 amide bonds. The van der Waals surface area contributed by atoms with Crippen molar-refractivity contribution in [1.82, 2.24) is 0 Å². The Morgan fingerprint density at radius 2 is 1.00 bits per heavy atom. The molecule has 0 bridgehead atoms. The molecule has 0 aliphatic heterocycles. The molecule has 82 valence electrons. The summed E-state index contributed by atoms with van der Waals surface area (Å²) in [5, 5.41) is 2.09. The molecular formula is C8H14O4S2. The van der Waals surface area contributed by atoms with Gasteiger partial charge in [0.15, 0.2) is 19.7 Å². The summed E-state index contributed by atoms with van der Waals surface area (Å²) in [6, 6.07) is 0. The first-order valence-electron chi connectivity index (χ1n) is 3.78. The first kappa shape index (κ1) is 13.4. The third-order valence-electron chi connectivity index (χ3n) is 1.40. The van der Waals surface area contributed by atoms with E-state index in [0.717, 1.165) is 23.3 Å². The molecule has 0 rings (SSSR count). The van der Waals surface area contributed by atoms with Gasteiger partial charge in [-0.1, -0.05) is 0 Å². The van der Waals surface area contributed by atoms with E-state index >= 15 is 0 Å². The Labute approximate surface area is 85.2 Å². The number of rotatable bonds is 3. The highest BCUT2D eigenvalue weighted by molar-refractivity contribution is 7.94. The Kier molecular flexibility index (Phi) is 4.08. The Balaban J connectivity index is 5.20. The van der Waals surface area contributed by atoms with Gasteiger partial charge in [0.25, 0.3) is 0 Å². The van der Waals surface area contributed by atoms with Crippen LogP contribution in [0.1, 0.15) is 13.8 Å². The standard InChI is InChI=1S/C8H14O4S2/c1-7(5-13(3,9)10)8(2)6-14(4,11)12/h5-6H,1-4H3/b7-5+,8-6+. The molecule has 0 spiro atoms. The molecule has 0 radical (unpaired) electrons. The van der Waals surface area contributed by atoms with E-state index in [-0.39, 0.29) is 0 Å². The number of hydrogen-bond acceptors (Lipinski definition) is 4. The Morgan fingerprint density at radius 3 is 1.14 bits per heavy atom. The molecule has 0 fully saturated rings. The van der Waals surface area contributed by atoms with Crippen molar-refractivity contribution in [1.29, 1.82) is 0 Å². The predicted octanol–water partition coefficient (Wildman–Crippen LogP) is 0.883. The van der Waals surface area contributed by atoms with Crippen LogP contribution in [0.5, 0.6) is 0 Å². The molecule has 14 heavy (non-hydrogen) atoms. The second kappa shape index (κ2) is 4.27. The third-order valence-corrected chi connectivity index (χ3v) is 2.97. The smallest absolute Gasteiger partial charge is 0.169 e. The van der Waals surface area contributed by atoms with Crippen LogP contribution in [0.25, 0.3) is 0 Å². The monoisotopic (exact) mass is 238 g/mol. The molecular weight excluding hydrogens is 224 g/mol. The number of hydrogen-bond donors (Lipinski definition) is 0. The molecule has 0 saturated carbocycles. The summed E-state index contributed by atoms with van der Waals surface area (Å²) in [7, 11) is -6.44. The lowest BCUT2D eigenvalue weighted by atomic mass is 10.2. The fraction of sp³-hybridized carbons (Fsp3) is 0.500. The lowest BCUT2D eigenvalue weighted by Gasteiger charge is -1.99. The SMILES string of the molecule is CC(=C\S(C)(=O)=O)/C(C)=C/S(C)(=O)=O. The van der Waals surface area contributed by atoms with Crippen LogP contribution >= 0.6 is 0 Å². The minimum Gasteiger partial charge on any atom is -0.225 e. The van der Waals surface area contributed by atoms with Gasteiger partial charge in [-0.15, -0.1) is 0 Å². The van der Waals surface area contributed by atoms with Crippen molar-refractivity contribution in [3.05, 3.63) is 22.0 Å². The van der Waals surface area contributed by atoms with Gasteiger partial charge < -0.3 is 0 Å². The highest BCUT2D eigenvalue weighted by Crippen LogP contribution is 2.11. The van der Waals surface area contributed by atoms with Crippen LogP contribution in [0, 0.1) is 0 Å². The van der Waals surface area contributed by atoms with Crippen molar-refractivity contribution in [2.45, 2.75) is 13.8 Å². The Morgan fingerprint density at radius 1 is 0.786 bits per heavy atom. The van der Waals surface area contributed by atoms with Crippen molar-refractivity contribution < 1.29 is 16.8 Å². The van der Waals surface area contributed by atoms with Gasteiger partial charge in [-0.3, -0.25) is 0 Å². The normalized spacial score (nSPS) is 15.7. The molecule has 0 aromatic heterocycles. The summed E-state index contributed by atoms with van der Waals surface area (Å²) < 4.78 is 43.4. The average Bonchev–Trinajstić information content (AvgIpc) is 1.78. The van der Waals surface area contributed by atoms with Crippen LogP contribution in [0.2, 0.25) is 0 Å². The van der Waals surface area contributed by atoms with Crippen LogP contribution in [-0.2, 0) is 19.7 Å². The van der Waals surface area contributed by atoms with Crippen molar-refractivity contribution in [2.75, 3.05) is 12.5 Å². The van der Waals surface area contributed by atoms with Crippen molar-refractivity contribution >= 4 is 19.7 Å². The van der Waals surface area contributed by atoms with Gasteiger partial charge in [-0.05, 0) is 25.0 Å². The zero-order valence-electron chi connectivity index (χ0n) is 8.60. The highest BCUT2D eigenvalue weighted by Gasteiger charge is 2.03. The molecule has 0 saturated heterocycles. The van der Waals surface area contributed by atoms with E-state index < -0.39 is 19.7 Å². The first-order chi connectivity index (χ1) is 6.01. The van der Waals surface area contributed by atoms with E-state index in [4.69, 9.17) is 0 Å². The Hall–Kier alpha value is -0.620. The topological polar surface area (TPSA) is 68.3 Å². The van der Waals surface area contributed by atoms with Crippen molar-refractivity contribution in [2.24, 2.45) is 0 Å². The maximum atomic E-state index is 10.9. The van der Waals surface area contributed by atoms with Gasteiger partial charge in [0.1, 0.15) is 0 Å². The van der Waals surface area contributed by atoms with E-state index in [1.54, 1.807) is 13.8 Å². The van der Waals surface area contributed by atoms with E-state index in [9.17, 15) is 16.8 Å². The molecule has 0 N–H and O–H groups in total. The van der Waals surface area contributed by atoms with Crippen molar-refractivity contribution in [3.63, 3.8) is 0 Å². The summed E-state index contributed by atoms with van der Waals surface area (Å²) in [6.45, 7) is 3.11. The third kappa shape index (κ3) is 6.85. The molecule has 0 heterocycles. The molecule has 0 atom stereocenters. The maximum Gasteiger partial charge on any atom is 0.169 e. The minimum atomic E-state index is -3.22. The summed E-state index contributed by atoms with van der Waals surface area (Å²) >= 11 is 0. The molecule has 0 aromatic carbocycles. The van der Waals surface area contributed by atoms with Gasteiger partial charge in [0, 0.05) is 23.3 Å². The zero-order valence-corrected chi connectivity index (χ0v) is 10.2. The fourth-order valence-corrected chi connectivity index (χ4v) is 2.48. The van der Waals surface area contributed by atoms with Gasteiger partial charge in [-0.25, -0.2) is 16.8 Å². The van der Waals surface area contributed by atoms with Crippen LogP contribution in [-0.4, -0.2) is 29.3 Å². The predicted molar refractivity (Wildman–Crippen MR) is 57.2 cm³/mol. The lowest BCUT2D eigenvalue weighted by molar-refractivity contribution is 0.607. The van der Waals surface area contributed by atoms with Crippen LogP contribution in [0.3, 0.4) is 0 Å². The molecule has 0 aromatic rings. The molecule has 4 nitrogen and oxygen atoms in total. The van der Waals surface area contributed by atoms with E-state index in [1.165, 1.54) is 0 Å². The molecule has 0 aliphatic rings. The maximum absolute atomic E-state index is 10.9. The number of allylic oxidation sites excluding steroid dienone is 2. The highest BCUT2D eigenvalue weighted by atomic mass is 32.2. The summed E-state index contributed by atoms with van der Waals surface area (Å²) in [4.78, 5) is 0. The minimum absolute atomic E-state index is 0.429. The van der Waals surface area contributed by atoms with E-state index in [1.807, 2.05) is 0 Å². The largest absolute Gasteiger partial charge is 0.225 e. The van der Waals surface area contributed by atoms with Crippen LogP contribution in [0.4, 0.5) is 0 Å². The lowest BCUT2D eigenvalue weighted by Crippen LogP contribution is -1.95. The molecule has 6 heteroatoms. The summed E-state index contributed by atoms with van der Waals surface area (Å²) in [5.74, 6) is 0. The first-order valence-corrected chi connectivity index (χ1v) is 7.69. The van der Waals surface area contributed by atoms with Gasteiger partial charge in [0.05, 0.1) is 0 Å². The van der Waals surface area contributed by atoms with E-state index in [0.29, 0.717) is 11.1 Å². The second-order valence-electron chi connectivity index (χ2n) is 3.26. The number of sulfone groups is 2. The van der Waals surface area contributed by atoms with E-state index in [2.05, 4.69) is 0 Å². The molecule has 0 aliphatic carbocycles. The zero-order chi connectivity index (χ0) is 11.6. The second-order valence-corrected chi connectivity index (χ2v) is 7.05. The molecule has 0 unspecified atom stereocenters. The quantitative estimate of drug-likeness (QED) is 0.685. The summed E-state index contributed by atoms with van der Waals surface area (Å²) in [6.07, 6.45) is 2.12. The summed E-state index contributed by atoms with van der Waals surface area (Å²) in [5.41, 5.74) is 0.857.